The number of nitro benzene ring substituents is 1. The van der Waals surface area contributed by atoms with Gasteiger partial charge in [0.1, 0.15) is 0 Å². The first kappa shape index (κ1) is 20.4. The number of allylic oxidation sites excluding steroid dienone is 1. The van der Waals surface area contributed by atoms with Crippen molar-refractivity contribution in [3.8, 4) is 11.1 Å². The van der Waals surface area contributed by atoms with E-state index in [2.05, 4.69) is 20.9 Å². The number of fused-ring (bicyclic) bond motifs is 1. The number of benzene rings is 3. The van der Waals surface area contributed by atoms with Gasteiger partial charge in [-0.1, -0.05) is 52.3 Å². The number of nitrogens with one attached hydrogen (secondary N) is 1. The summed E-state index contributed by atoms with van der Waals surface area (Å²) < 4.78 is 0.823. The lowest BCUT2D eigenvalue weighted by molar-refractivity contribution is -0.384. The van der Waals surface area contributed by atoms with Gasteiger partial charge in [0.25, 0.3) is 11.2 Å². The van der Waals surface area contributed by atoms with Gasteiger partial charge in [-0.15, -0.1) is 0 Å². The van der Waals surface area contributed by atoms with Gasteiger partial charge in [0, 0.05) is 33.1 Å². The van der Waals surface area contributed by atoms with Crippen LogP contribution in [0.3, 0.4) is 0 Å². The predicted octanol–water partition coefficient (Wildman–Crippen LogP) is 5.76. The second-order valence-corrected chi connectivity index (χ2v) is 7.72. The number of pyridine rings is 1. The van der Waals surface area contributed by atoms with E-state index in [-0.39, 0.29) is 11.3 Å². The molecule has 6 nitrogen and oxygen atoms in total. The molecule has 1 heterocycles. The van der Waals surface area contributed by atoms with Gasteiger partial charge in [-0.05, 0) is 47.5 Å². The van der Waals surface area contributed by atoms with Crippen molar-refractivity contribution in [3.63, 3.8) is 0 Å². The summed E-state index contributed by atoms with van der Waals surface area (Å²) >= 11 is 3.46. The second-order valence-electron chi connectivity index (χ2n) is 6.81. The number of carbonyl (C=O) groups excluding carboxylic acids is 1. The molecule has 0 unspecified atom stereocenters. The normalized spacial score (nSPS) is 11.1. The number of aromatic amines is 1. The van der Waals surface area contributed by atoms with Crippen LogP contribution in [0.5, 0.6) is 0 Å². The summed E-state index contributed by atoms with van der Waals surface area (Å²) in [6.07, 6.45) is 2.84. The summed E-state index contributed by atoms with van der Waals surface area (Å²) in [4.78, 5) is 39.1. The van der Waals surface area contributed by atoms with E-state index in [1.807, 2.05) is 42.5 Å². The zero-order valence-electron chi connectivity index (χ0n) is 16.0. The van der Waals surface area contributed by atoms with Gasteiger partial charge in [-0.3, -0.25) is 19.7 Å². The maximum absolute atomic E-state index is 13.1. The molecule has 4 aromatic rings. The number of non-ortho nitro benzene ring substituents is 1. The molecule has 3 aromatic carbocycles. The average Bonchev–Trinajstić information content (AvgIpc) is 2.77. The smallest absolute Gasteiger partial charge is 0.269 e. The minimum atomic E-state index is -0.489. The topological polar surface area (TPSA) is 93.1 Å². The number of aromatic nitrogens is 1. The van der Waals surface area contributed by atoms with Gasteiger partial charge < -0.3 is 4.98 Å². The van der Waals surface area contributed by atoms with Crippen LogP contribution in [0.15, 0.2) is 88.1 Å². The van der Waals surface area contributed by atoms with Gasteiger partial charge in [0.05, 0.1) is 10.5 Å². The van der Waals surface area contributed by atoms with Crippen LogP contribution < -0.4 is 5.56 Å². The summed E-state index contributed by atoms with van der Waals surface area (Å²) in [5.41, 5.74) is 2.07. The fraction of sp³-hybridized carbons (Fsp3) is 0. The number of carbonyl (C=O) groups is 1. The summed E-state index contributed by atoms with van der Waals surface area (Å²) in [6.45, 7) is 0. The van der Waals surface area contributed by atoms with Gasteiger partial charge in [0.2, 0.25) is 0 Å². The number of nitro groups is 1. The molecule has 0 aliphatic rings. The first-order chi connectivity index (χ1) is 14.9. The molecule has 0 spiro atoms. The van der Waals surface area contributed by atoms with Crippen molar-refractivity contribution < 1.29 is 9.72 Å². The number of hydrogen-bond donors (Lipinski definition) is 1. The summed E-state index contributed by atoms with van der Waals surface area (Å²) in [6, 6.07) is 20.6. The van der Waals surface area contributed by atoms with Crippen molar-refractivity contribution in [2.75, 3.05) is 0 Å². The van der Waals surface area contributed by atoms with Crippen LogP contribution in [0.2, 0.25) is 0 Å². The second kappa shape index (κ2) is 8.49. The Labute approximate surface area is 185 Å². The van der Waals surface area contributed by atoms with Gasteiger partial charge >= 0.3 is 0 Å². The van der Waals surface area contributed by atoms with E-state index in [0.717, 1.165) is 15.4 Å². The fourth-order valence-corrected chi connectivity index (χ4v) is 3.73. The standard InChI is InChI=1S/C24H15BrN2O4/c25-17-9-12-20-19(14-17)22(16-4-2-1-3-5-16)23(24(29)26-20)21(28)13-8-15-6-10-18(11-7-15)27(30)31/h1-14H,(H,26,29)/b13-8-. The van der Waals surface area contributed by atoms with Crippen molar-refractivity contribution in [2.45, 2.75) is 0 Å². The van der Waals surface area contributed by atoms with Crippen LogP contribution in [0.4, 0.5) is 5.69 Å². The quantitative estimate of drug-likeness (QED) is 0.172. The van der Waals surface area contributed by atoms with Crippen molar-refractivity contribution in [1.82, 2.24) is 4.98 Å². The molecule has 7 heteroatoms. The van der Waals surface area contributed by atoms with E-state index in [1.165, 1.54) is 24.3 Å². The Bertz CT molecular complexity index is 1390. The fourth-order valence-electron chi connectivity index (χ4n) is 3.37. The molecule has 152 valence electrons. The lowest BCUT2D eigenvalue weighted by Gasteiger charge is -2.11. The molecule has 0 amide bonds. The van der Waals surface area contributed by atoms with Gasteiger partial charge in [-0.25, -0.2) is 0 Å². The number of hydrogen-bond acceptors (Lipinski definition) is 4. The number of H-pyrrole nitrogens is 1. The maximum Gasteiger partial charge on any atom is 0.269 e. The average molecular weight is 475 g/mol. The van der Waals surface area contributed by atoms with E-state index in [4.69, 9.17) is 0 Å². The summed E-state index contributed by atoms with van der Waals surface area (Å²) in [7, 11) is 0. The van der Waals surface area contributed by atoms with Crippen LogP contribution in [-0.4, -0.2) is 15.7 Å². The molecular formula is C24H15BrN2O4. The van der Waals surface area contributed by atoms with Gasteiger partial charge in [0.15, 0.2) is 5.78 Å². The number of nitrogens with zero attached hydrogens (tertiary/aromatic N) is 1. The summed E-state index contributed by atoms with van der Waals surface area (Å²) in [5.74, 6) is -0.458. The Hall–Kier alpha value is -3.84. The van der Waals surface area contributed by atoms with E-state index in [0.29, 0.717) is 16.6 Å². The van der Waals surface area contributed by atoms with E-state index < -0.39 is 16.3 Å². The van der Waals surface area contributed by atoms with E-state index in [1.54, 1.807) is 18.2 Å². The lowest BCUT2D eigenvalue weighted by Crippen LogP contribution is -2.18. The zero-order valence-corrected chi connectivity index (χ0v) is 17.6. The molecule has 0 bridgehead atoms. The van der Waals surface area contributed by atoms with Crippen LogP contribution in [0, 0.1) is 10.1 Å². The highest BCUT2D eigenvalue weighted by atomic mass is 79.9. The highest BCUT2D eigenvalue weighted by Gasteiger charge is 2.19. The molecule has 0 radical (unpaired) electrons. The van der Waals surface area contributed by atoms with Crippen molar-refractivity contribution >= 4 is 44.4 Å². The van der Waals surface area contributed by atoms with Crippen LogP contribution >= 0.6 is 15.9 Å². The molecule has 31 heavy (non-hydrogen) atoms. The monoisotopic (exact) mass is 474 g/mol. The molecule has 0 saturated carbocycles. The molecule has 0 saturated heterocycles. The molecule has 0 fully saturated rings. The number of rotatable bonds is 5. The van der Waals surface area contributed by atoms with E-state index in [9.17, 15) is 19.7 Å². The lowest BCUT2D eigenvalue weighted by atomic mass is 9.94. The largest absolute Gasteiger partial charge is 0.321 e. The Kier molecular flexibility index (Phi) is 5.60. The third-order valence-corrected chi connectivity index (χ3v) is 5.31. The summed E-state index contributed by atoms with van der Waals surface area (Å²) in [5, 5.41) is 11.5. The van der Waals surface area contributed by atoms with E-state index >= 15 is 0 Å². The molecule has 1 N–H and O–H groups in total. The molecule has 0 atom stereocenters. The Morgan fingerprint density at radius 2 is 1.71 bits per heavy atom. The SMILES string of the molecule is O=C(/C=C\c1ccc([N+](=O)[O-])cc1)c1c(-c2ccccc2)c2cc(Br)ccc2[nH]c1=O. The van der Waals surface area contributed by atoms with Gasteiger partial charge in [-0.2, -0.15) is 0 Å². The van der Waals surface area contributed by atoms with Crippen LogP contribution in [0.1, 0.15) is 15.9 Å². The Morgan fingerprint density at radius 3 is 2.39 bits per heavy atom. The molecule has 0 aliphatic carbocycles. The van der Waals surface area contributed by atoms with Crippen molar-refractivity contribution in [1.29, 1.82) is 0 Å². The number of ketones is 1. The van der Waals surface area contributed by atoms with Crippen LogP contribution in [-0.2, 0) is 0 Å². The highest BCUT2D eigenvalue weighted by molar-refractivity contribution is 9.10. The third kappa shape index (κ3) is 4.22. The minimum Gasteiger partial charge on any atom is -0.321 e. The first-order valence-electron chi connectivity index (χ1n) is 9.32. The molecule has 4 rings (SSSR count). The molecule has 0 aliphatic heterocycles. The predicted molar refractivity (Wildman–Crippen MR) is 124 cm³/mol. The zero-order chi connectivity index (χ0) is 22.0. The minimum absolute atomic E-state index is 0.0357. The highest BCUT2D eigenvalue weighted by Crippen LogP contribution is 2.31. The first-order valence-corrected chi connectivity index (χ1v) is 10.1. The van der Waals surface area contributed by atoms with Crippen molar-refractivity contribution in [2.24, 2.45) is 0 Å². The maximum atomic E-state index is 13.1. The number of halogens is 1. The van der Waals surface area contributed by atoms with Crippen LogP contribution in [0.25, 0.3) is 28.1 Å². The Morgan fingerprint density at radius 1 is 1.00 bits per heavy atom. The molecular weight excluding hydrogens is 460 g/mol. The Balaban J connectivity index is 1.84. The third-order valence-electron chi connectivity index (χ3n) is 4.82. The van der Waals surface area contributed by atoms with Crippen molar-refractivity contribution in [3.05, 3.63) is 115 Å². The molecule has 1 aromatic heterocycles.